The molecule has 5 rings (SSSR count). The van der Waals surface area contributed by atoms with Gasteiger partial charge >= 0.3 is 0 Å². The minimum Gasteiger partial charge on any atom is -0.380 e. The zero-order chi connectivity index (χ0) is 20.9. The smallest absolute Gasteiger partial charge is 0.0547 e. The van der Waals surface area contributed by atoms with E-state index in [2.05, 4.69) is 121 Å². The van der Waals surface area contributed by atoms with Gasteiger partial charge in [0.15, 0.2) is 0 Å². The molecule has 1 aliphatic heterocycles. The molecular formula is C28H26OP2. The Balaban J connectivity index is 1.60. The summed E-state index contributed by atoms with van der Waals surface area (Å²) in [6.45, 7) is 1.66. The van der Waals surface area contributed by atoms with E-state index in [0.29, 0.717) is 11.3 Å². The van der Waals surface area contributed by atoms with Crippen molar-refractivity contribution in [3.05, 3.63) is 121 Å². The van der Waals surface area contributed by atoms with Gasteiger partial charge in [-0.2, -0.15) is 0 Å². The molecule has 1 nitrogen and oxygen atoms in total. The Morgan fingerprint density at radius 3 is 0.935 bits per heavy atom. The summed E-state index contributed by atoms with van der Waals surface area (Å²) in [7, 11) is -1.03. The van der Waals surface area contributed by atoms with Crippen molar-refractivity contribution in [2.45, 2.75) is 11.3 Å². The Hall–Kier alpha value is -2.30. The first-order valence-corrected chi connectivity index (χ1v) is 13.6. The summed E-state index contributed by atoms with van der Waals surface area (Å²) in [6.07, 6.45) is 0. The quantitative estimate of drug-likeness (QED) is 0.383. The molecule has 1 aliphatic rings. The summed E-state index contributed by atoms with van der Waals surface area (Å²) in [6, 6.07) is 44.3. The van der Waals surface area contributed by atoms with Gasteiger partial charge in [0.2, 0.25) is 0 Å². The Morgan fingerprint density at radius 1 is 0.419 bits per heavy atom. The van der Waals surface area contributed by atoms with Crippen LogP contribution in [0.25, 0.3) is 0 Å². The van der Waals surface area contributed by atoms with Gasteiger partial charge in [0.1, 0.15) is 0 Å². The standard InChI is InChI=1S/C28H26OP2/c1-5-13-23(14-6-1)30(24-15-7-2-8-16-24)27-21-29-22-28(27)31(25-17-9-3-10-18-25)26-19-11-4-12-20-26/h1-20,27-28H,21-22H2/t27-,28-/m1/s1. The maximum absolute atomic E-state index is 6.25. The molecule has 0 unspecified atom stereocenters. The third-order valence-electron chi connectivity index (χ3n) is 5.82. The van der Waals surface area contributed by atoms with E-state index in [0.717, 1.165) is 13.2 Å². The number of ether oxygens (including phenoxy) is 1. The molecule has 1 saturated heterocycles. The predicted octanol–water partition coefficient (Wildman–Crippen LogP) is 5.02. The molecule has 0 bridgehead atoms. The number of hydrogen-bond donors (Lipinski definition) is 0. The lowest BCUT2D eigenvalue weighted by Crippen LogP contribution is -2.34. The fourth-order valence-corrected chi connectivity index (χ4v) is 10.7. The van der Waals surface area contributed by atoms with Crippen LogP contribution in [-0.4, -0.2) is 24.5 Å². The van der Waals surface area contributed by atoms with Crippen LogP contribution in [-0.2, 0) is 4.74 Å². The predicted molar refractivity (Wildman–Crippen MR) is 137 cm³/mol. The largest absolute Gasteiger partial charge is 0.380 e. The number of rotatable bonds is 6. The van der Waals surface area contributed by atoms with Gasteiger partial charge in [-0.3, -0.25) is 0 Å². The number of hydrogen-bond acceptors (Lipinski definition) is 1. The molecule has 1 fully saturated rings. The van der Waals surface area contributed by atoms with E-state index in [1.54, 1.807) is 0 Å². The Bertz CT molecular complexity index is 903. The normalized spacial score (nSPS) is 18.5. The van der Waals surface area contributed by atoms with E-state index >= 15 is 0 Å². The Morgan fingerprint density at radius 2 is 0.677 bits per heavy atom. The minimum absolute atomic E-state index is 0.492. The summed E-state index contributed by atoms with van der Waals surface area (Å²) in [5.41, 5.74) is 0.984. The van der Waals surface area contributed by atoms with Gasteiger partial charge in [0.05, 0.1) is 13.2 Å². The molecule has 4 aromatic rings. The van der Waals surface area contributed by atoms with Gasteiger partial charge < -0.3 is 4.74 Å². The molecule has 2 atom stereocenters. The van der Waals surface area contributed by atoms with Gasteiger partial charge in [0.25, 0.3) is 0 Å². The highest BCUT2D eigenvalue weighted by atomic mass is 31.1. The van der Waals surface area contributed by atoms with Gasteiger partial charge in [0, 0.05) is 11.3 Å². The average Bonchev–Trinajstić information content (AvgIpc) is 3.31. The van der Waals surface area contributed by atoms with Crippen molar-refractivity contribution in [1.82, 2.24) is 0 Å². The second kappa shape index (κ2) is 9.88. The number of benzene rings is 4. The first kappa shape index (κ1) is 20.6. The highest BCUT2D eigenvalue weighted by Gasteiger charge is 2.41. The molecule has 1 heterocycles. The van der Waals surface area contributed by atoms with Crippen LogP contribution < -0.4 is 21.2 Å². The zero-order valence-corrected chi connectivity index (χ0v) is 19.2. The third kappa shape index (κ3) is 4.51. The van der Waals surface area contributed by atoms with E-state index in [1.807, 2.05) is 0 Å². The highest BCUT2D eigenvalue weighted by Crippen LogP contribution is 2.53. The Labute approximate surface area is 187 Å². The maximum Gasteiger partial charge on any atom is 0.0547 e. The molecule has 0 saturated carbocycles. The molecule has 154 valence electrons. The van der Waals surface area contributed by atoms with Crippen LogP contribution in [0.2, 0.25) is 0 Å². The second-order valence-electron chi connectivity index (χ2n) is 7.75. The summed E-state index contributed by atoms with van der Waals surface area (Å²) in [5.74, 6) is 0. The van der Waals surface area contributed by atoms with Gasteiger partial charge in [-0.25, -0.2) is 0 Å². The van der Waals surface area contributed by atoms with Crippen LogP contribution in [0.4, 0.5) is 0 Å². The van der Waals surface area contributed by atoms with Crippen LogP contribution in [0.1, 0.15) is 0 Å². The summed E-state index contributed by atoms with van der Waals surface area (Å²) in [4.78, 5) is 0. The fourth-order valence-electron chi connectivity index (χ4n) is 4.44. The van der Waals surface area contributed by atoms with Crippen LogP contribution in [0, 0.1) is 0 Å². The van der Waals surface area contributed by atoms with Crippen molar-refractivity contribution >= 4 is 37.1 Å². The molecule has 0 aromatic heterocycles. The van der Waals surface area contributed by atoms with Crippen molar-refractivity contribution in [3.8, 4) is 0 Å². The molecule has 0 aliphatic carbocycles. The van der Waals surface area contributed by atoms with Gasteiger partial charge in [-0.15, -0.1) is 0 Å². The highest BCUT2D eigenvalue weighted by molar-refractivity contribution is 7.77. The van der Waals surface area contributed by atoms with Crippen LogP contribution >= 0.6 is 15.8 Å². The second-order valence-corrected chi connectivity index (χ2v) is 12.6. The zero-order valence-electron chi connectivity index (χ0n) is 17.4. The molecule has 3 heteroatoms. The molecule has 31 heavy (non-hydrogen) atoms. The van der Waals surface area contributed by atoms with E-state index in [9.17, 15) is 0 Å². The van der Waals surface area contributed by atoms with Crippen molar-refractivity contribution in [2.24, 2.45) is 0 Å². The van der Waals surface area contributed by atoms with Crippen molar-refractivity contribution in [1.29, 1.82) is 0 Å². The van der Waals surface area contributed by atoms with Crippen molar-refractivity contribution in [2.75, 3.05) is 13.2 Å². The summed E-state index contributed by atoms with van der Waals surface area (Å²) in [5, 5.41) is 5.78. The van der Waals surface area contributed by atoms with Crippen LogP contribution in [0.15, 0.2) is 121 Å². The molecule has 0 N–H and O–H groups in total. The van der Waals surface area contributed by atoms with E-state index in [1.165, 1.54) is 21.2 Å². The van der Waals surface area contributed by atoms with Crippen LogP contribution in [0.3, 0.4) is 0 Å². The lowest BCUT2D eigenvalue weighted by molar-refractivity contribution is 0.199. The Kier molecular flexibility index (Phi) is 6.57. The van der Waals surface area contributed by atoms with Gasteiger partial charge in [-0.05, 0) is 37.1 Å². The molecule has 4 aromatic carbocycles. The summed E-state index contributed by atoms with van der Waals surface area (Å²) < 4.78 is 6.25. The maximum atomic E-state index is 6.25. The fraction of sp³-hybridized carbons (Fsp3) is 0.143. The first-order valence-electron chi connectivity index (χ1n) is 10.8. The van der Waals surface area contributed by atoms with E-state index in [4.69, 9.17) is 4.74 Å². The minimum atomic E-state index is -0.513. The lowest BCUT2D eigenvalue weighted by Gasteiger charge is -2.34. The molecular weight excluding hydrogens is 414 g/mol. The lowest BCUT2D eigenvalue weighted by atomic mass is 10.3. The van der Waals surface area contributed by atoms with Crippen LogP contribution in [0.5, 0.6) is 0 Å². The van der Waals surface area contributed by atoms with E-state index < -0.39 is 15.8 Å². The monoisotopic (exact) mass is 440 g/mol. The summed E-state index contributed by atoms with van der Waals surface area (Å²) >= 11 is 0. The average molecular weight is 440 g/mol. The van der Waals surface area contributed by atoms with E-state index in [-0.39, 0.29) is 0 Å². The molecule has 0 radical (unpaired) electrons. The topological polar surface area (TPSA) is 9.23 Å². The first-order chi connectivity index (χ1) is 15.4. The van der Waals surface area contributed by atoms with Gasteiger partial charge in [-0.1, -0.05) is 121 Å². The van der Waals surface area contributed by atoms with Crippen molar-refractivity contribution < 1.29 is 4.74 Å². The van der Waals surface area contributed by atoms with Crippen molar-refractivity contribution in [3.63, 3.8) is 0 Å². The third-order valence-corrected chi connectivity index (χ3v) is 11.8. The SMILES string of the molecule is c1ccc(P(c2ccccc2)[C@@H]2COC[C@H]2P(c2ccccc2)c2ccccc2)cc1. The molecule has 0 amide bonds. The molecule has 0 spiro atoms.